The van der Waals surface area contributed by atoms with Gasteiger partial charge >= 0.3 is 0 Å². The molecule has 6 heteroatoms. The van der Waals surface area contributed by atoms with Crippen LogP contribution in [0.2, 0.25) is 0 Å². The third-order valence-corrected chi connectivity index (χ3v) is 4.70. The van der Waals surface area contributed by atoms with E-state index in [2.05, 4.69) is 20.2 Å². The first-order valence-electron chi connectivity index (χ1n) is 8.46. The standard InChI is InChI=1S/C19H19N5O/c25-19(15-5-9-21-10-6-15)24-11-1-2-16(13-24)18-17(12-22-23-18)14-3-7-20-8-4-14/h3-10,12,16H,1-2,11,13H2,(H,22,23)/t16-/m0/s1. The lowest BCUT2D eigenvalue weighted by atomic mass is 9.90. The smallest absolute Gasteiger partial charge is 0.253 e. The second kappa shape index (κ2) is 6.84. The summed E-state index contributed by atoms with van der Waals surface area (Å²) >= 11 is 0. The van der Waals surface area contributed by atoms with Crippen LogP contribution in [0.15, 0.2) is 55.2 Å². The number of H-pyrrole nitrogens is 1. The fourth-order valence-corrected chi connectivity index (χ4v) is 3.44. The van der Waals surface area contributed by atoms with Crippen molar-refractivity contribution < 1.29 is 4.79 Å². The maximum atomic E-state index is 12.7. The van der Waals surface area contributed by atoms with Crippen molar-refractivity contribution in [3.8, 4) is 11.1 Å². The van der Waals surface area contributed by atoms with E-state index in [1.165, 1.54) is 0 Å². The third-order valence-electron chi connectivity index (χ3n) is 4.70. The molecule has 1 fully saturated rings. The van der Waals surface area contributed by atoms with Gasteiger partial charge in [-0.05, 0) is 42.7 Å². The van der Waals surface area contributed by atoms with Crippen LogP contribution in [0.5, 0.6) is 0 Å². The summed E-state index contributed by atoms with van der Waals surface area (Å²) in [5.74, 6) is 0.322. The van der Waals surface area contributed by atoms with Crippen molar-refractivity contribution in [2.45, 2.75) is 18.8 Å². The number of nitrogens with one attached hydrogen (secondary N) is 1. The molecule has 1 saturated heterocycles. The molecule has 0 spiro atoms. The number of nitrogens with zero attached hydrogens (tertiary/aromatic N) is 4. The zero-order valence-electron chi connectivity index (χ0n) is 13.8. The molecule has 1 amide bonds. The molecule has 0 aliphatic carbocycles. The van der Waals surface area contributed by atoms with Crippen LogP contribution in [0.3, 0.4) is 0 Å². The van der Waals surface area contributed by atoms with Crippen molar-refractivity contribution >= 4 is 5.91 Å². The first kappa shape index (κ1) is 15.5. The minimum Gasteiger partial charge on any atom is -0.338 e. The van der Waals surface area contributed by atoms with Gasteiger partial charge in [-0.15, -0.1) is 0 Å². The number of piperidine rings is 1. The molecule has 126 valence electrons. The monoisotopic (exact) mass is 333 g/mol. The van der Waals surface area contributed by atoms with Gasteiger partial charge in [0.25, 0.3) is 5.91 Å². The van der Waals surface area contributed by atoms with Gasteiger partial charge < -0.3 is 4.90 Å². The number of hydrogen-bond donors (Lipinski definition) is 1. The summed E-state index contributed by atoms with van der Waals surface area (Å²) in [5.41, 5.74) is 3.97. The molecule has 1 atom stereocenters. The van der Waals surface area contributed by atoms with Crippen LogP contribution in [0.4, 0.5) is 0 Å². The van der Waals surface area contributed by atoms with Gasteiger partial charge in [0.05, 0.1) is 6.20 Å². The van der Waals surface area contributed by atoms with E-state index in [1.54, 1.807) is 36.9 Å². The zero-order chi connectivity index (χ0) is 17.1. The predicted molar refractivity (Wildman–Crippen MR) is 93.9 cm³/mol. The Morgan fingerprint density at radius 1 is 1.08 bits per heavy atom. The molecule has 0 radical (unpaired) electrons. The summed E-state index contributed by atoms with van der Waals surface area (Å²) in [4.78, 5) is 22.7. The largest absolute Gasteiger partial charge is 0.338 e. The lowest BCUT2D eigenvalue weighted by Gasteiger charge is -2.32. The number of carbonyl (C=O) groups is 1. The highest BCUT2D eigenvalue weighted by Gasteiger charge is 2.28. The molecular weight excluding hydrogens is 314 g/mol. The Morgan fingerprint density at radius 2 is 1.80 bits per heavy atom. The number of aromatic nitrogens is 4. The van der Waals surface area contributed by atoms with E-state index in [9.17, 15) is 4.79 Å². The number of hydrogen-bond acceptors (Lipinski definition) is 4. The van der Waals surface area contributed by atoms with E-state index in [-0.39, 0.29) is 11.8 Å². The average molecular weight is 333 g/mol. The first-order chi connectivity index (χ1) is 12.3. The number of likely N-dealkylation sites (tertiary alicyclic amines) is 1. The topological polar surface area (TPSA) is 74.8 Å². The summed E-state index contributed by atoms with van der Waals surface area (Å²) in [5, 5.41) is 7.40. The van der Waals surface area contributed by atoms with E-state index in [1.807, 2.05) is 23.2 Å². The van der Waals surface area contributed by atoms with Gasteiger partial charge in [-0.2, -0.15) is 5.10 Å². The fraction of sp³-hybridized carbons (Fsp3) is 0.263. The average Bonchev–Trinajstić information content (AvgIpc) is 3.19. The minimum atomic E-state index is 0.0667. The number of aromatic amines is 1. The van der Waals surface area contributed by atoms with Crippen LogP contribution >= 0.6 is 0 Å². The number of amides is 1. The Bertz CT molecular complexity index is 847. The van der Waals surface area contributed by atoms with Crippen LogP contribution in [-0.4, -0.2) is 44.1 Å². The van der Waals surface area contributed by atoms with E-state index >= 15 is 0 Å². The van der Waals surface area contributed by atoms with Crippen molar-refractivity contribution in [2.24, 2.45) is 0 Å². The van der Waals surface area contributed by atoms with Gasteiger partial charge in [0.1, 0.15) is 0 Å². The van der Waals surface area contributed by atoms with E-state index in [0.29, 0.717) is 12.1 Å². The second-order valence-corrected chi connectivity index (χ2v) is 6.26. The summed E-state index contributed by atoms with van der Waals surface area (Å²) < 4.78 is 0. The van der Waals surface area contributed by atoms with Crippen LogP contribution in [0, 0.1) is 0 Å². The maximum absolute atomic E-state index is 12.7. The SMILES string of the molecule is O=C(c1ccncc1)N1CCC[C@H](c2[nH]ncc2-c2ccncc2)C1. The van der Waals surface area contributed by atoms with Crippen LogP contribution in [-0.2, 0) is 0 Å². The molecular formula is C19H19N5O. The van der Waals surface area contributed by atoms with Crippen molar-refractivity contribution in [1.82, 2.24) is 25.1 Å². The quantitative estimate of drug-likeness (QED) is 0.800. The van der Waals surface area contributed by atoms with Gasteiger partial charge in [0.2, 0.25) is 0 Å². The summed E-state index contributed by atoms with van der Waals surface area (Å²) in [6.07, 6.45) is 10.8. The van der Waals surface area contributed by atoms with Crippen molar-refractivity contribution in [3.05, 3.63) is 66.5 Å². The molecule has 1 aliphatic heterocycles. The Morgan fingerprint density at radius 3 is 2.56 bits per heavy atom. The molecule has 6 nitrogen and oxygen atoms in total. The van der Waals surface area contributed by atoms with Gasteiger partial charge in [-0.1, -0.05) is 0 Å². The highest BCUT2D eigenvalue weighted by atomic mass is 16.2. The van der Waals surface area contributed by atoms with Crippen molar-refractivity contribution in [2.75, 3.05) is 13.1 Å². The molecule has 0 saturated carbocycles. The van der Waals surface area contributed by atoms with Crippen molar-refractivity contribution in [1.29, 1.82) is 0 Å². The van der Waals surface area contributed by atoms with Gasteiger partial charge in [0, 0.05) is 60.6 Å². The van der Waals surface area contributed by atoms with Crippen LogP contribution < -0.4 is 0 Å². The predicted octanol–water partition coefficient (Wildman–Crippen LogP) is 2.89. The minimum absolute atomic E-state index is 0.0667. The Labute approximate surface area is 145 Å². The number of pyridine rings is 2. The van der Waals surface area contributed by atoms with E-state index in [0.717, 1.165) is 36.2 Å². The van der Waals surface area contributed by atoms with E-state index < -0.39 is 0 Å². The number of rotatable bonds is 3. The number of carbonyl (C=O) groups excluding carboxylic acids is 1. The molecule has 25 heavy (non-hydrogen) atoms. The molecule has 1 N–H and O–H groups in total. The van der Waals surface area contributed by atoms with Gasteiger partial charge in [0.15, 0.2) is 0 Å². The third kappa shape index (κ3) is 3.15. The molecule has 1 aliphatic rings. The lowest BCUT2D eigenvalue weighted by Crippen LogP contribution is -2.39. The normalized spacial score (nSPS) is 17.4. The highest BCUT2D eigenvalue weighted by molar-refractivity contribution is 5.94. The molecule has 0 aromatic carbocycles. The summed E-state index contributed by atoms with van der Waals surface area (Å²) in [6.45, 7) is 1.48. The Kier molecular flexibility index (Phi) is 4.24. The van der Waals surface area contributed by atoms with E-state index in [4.69, 9.17) is 0 Å². The molecule has 3 aromatic heterocycles. The van der Waals surface area contributed by atoms with Crippen LogP contribution in [0.25, 0.3) is 11.1 Å². The maximum Gasteiger partial charge on any atom is 0.253 e. The summed E-state index contributed by atoms with van der Waals surface area (Å²) in [6, 6.07) is 7.50. The molecule has 3 aromatic rings. The zero-order valence-corrected chi connectivity index (χ0v) is 13.8. The Balaban J connectivity index is 1.57. The molecule has 4 rings (SSSR count). The molecule has 0 unspecified atom stereocenters. The molecule has 0 bridgehead atoms. The molecule has 4 heterocycles. The van der Waals surface area contributed by atoms with Gasteiger partial charge in [-0.3, -0.25) is 19.9 Å². The lowest BCUT2D eigenvalue weighted by molar-refractivity contribution is 0.0706. The van der Waals surface area contributed by atoms with Crippen LogP contribution in [0.1, 0.15) is 34.8 Å². The summed E-state index contributed by atoms with van der Waals surface area (Å²) in [7, 11) is 0. The fourth-order valence-electron chi connectivity index (χ4n) is 3.44. The Hall–Kier alpha value is -3.02. The van der Waals surface area contributed by atoms with Crippen molar-refractivity contribution in [3.63, 3.8) is 0 Å². The van der Waals surface area contributed by atoms with Gasteiger partial charge in [-0.25, -0.2) is 0 Å². The first-order valence-corrected chi connectivity index (χ1v) is 8.46. The highest BCUT2D eigenvalue weighted by Crippen LogP contribution is 2.33. The second-order valence-electron chi connectivity index (χ2n) is 6.26.